The van der Waals surface area contributed by atoms with Gasteiger partial charge < -0.3 is 9.94 Å². The molecule has 0 spiro atoms. The Labute approximate surface area is 136 Å². The second-order valence-corrected chi connectivity index (χ2v) is 7.69. The largest absolute Gasteiger partial charge is 0.600 e. The molecule has 0 N–H and O–H groups in total. The second-order valence-electron chi connectivity index (χ2n) is 7.69. The van der Waals surface area contributed by atoms with Gasteiger partial charge in [-0.05, 0) is 11.5 Å². The van der Waals surface area contributed by atoms with Gasteiger partial charge in [0.1, 0.15) is 6.04 Å². The highest BCUT2D eigenvalue weighted by Crippen LogP contribution is 2.71. The van der Waals surface area contributed by atoms with Gasteiger partial charge in [0.15, 0.2) is 0 Å². The maximum atomic E-state index is 12.7. The third-order valence-electron chi connectivity index (χ3n) is 7.23. The Morgan fingerprint density at radius 1 is 1.17 bits per heavy atom. The molecule has 4 bridgehead atoms. The molecule has 1 saturated carbocycles. The van der Waals surface area contributed by atoms with Gasteiger partial charge in [0.25, 0.3) is 0 Å². The molecule has 0 amide bonds. The molecule has 3 unspecified atom stereocenters. The topological polar surface area (TPSA) is 96.6 Å². The number of hydrogen-bond acceptors (Lipinski definition) is 5. The van der Waals surface area contributed by atoms with Crippen molar-refractivity contribution < 1.29 is 9.60 Å². The van der Waals surface area contributed by atoms with Crippen molar-refractivity contribution in [2.45, 2.75) is 37.0 Å². The molecule has 7 aliphatic rings. The first kappa shape index (κ1) is 13.2. The smallest absolute Gasteiger partial charge is 0.347 e. The summed E-state index contributed by atoms with van der Waals surface area (Å²) in [5.41, 5.74) is -1.54. The minimum Gasteiger partial charge on any atom is -0.600 e. The van der Waals surface area contributed by atoms with Crippen molar-refractivity contribution in [3.8, 4) is 0 Å². The summed E-state index contributed by atoms with van der Waals surface area (Å²) in [5, 5.41) is 16.9. The molecule has 1 aromatic rings. The lowest BCUT2D eigenvalue weighted by molar-refractivity contribution is -0.622. The van der Waals surface area contributed by atoms with Crippen molar-refractivity contribution >= 4 is 0 Å². The second kappa shape index (κ2) is 3.58. The first-order chi connectivity index (χ1) is 11.5. The van der Waals surface area contributed by atoms with Gasteiger partial charge in [-0.25, -0.2) is 23.5 Å². The van der Waals surface area contributed by atoms with E-state index < -0.39 is 10.8 Å². The maximum Gasteiger partial charge on any atom is 0.347 e. The summed E-state index contributed by atoms with van der Waals surface area (Å²) in [6.07, 6.45) is 5.60. The average Bonchev–Trinajstić information content (AvgIpc) is 3.13. The molecule has 1 aromatic heterocycles. The Morgan fingerprint density at radius 3 is 2.46 bits per heavy atom. The number of azo groups is 1. The highest BCUT2D eigenvalue weighted by Gasteiger charge is 2.80. The lowest BCUT2D eigenvalue weighted by atomic mass is 9.45. The van der Waals surface area contributed by atoms with Crippen LogP contribution in [0.2, 0.25) is 0 Å². The minimum absolute atomic E-state index is 0.170. The van der Waals surface area contributed by atoms with Crippen LogP contribution in [-0.4, -0.2) is 44.1 Å². The molecular weight excluding hydrogens is 314 g/mol. The van der Waals surface area contributed by atoms with Crippen LogP contribution in [0.3, 0.4) is 0 Å². The third kappa shape index (κ3) is 0.978. The van der Waals surface area contributed by atoms with Crippen LogP contribution in [0.15, 0.2) is 26.9 Å². The standard InChI is InChI=1S/C15H17N5O4/c1-17-12(21)18-9-4-5-10(19(18)13(17)22)15-7-24-6-14(9,15)8-2-3-11(15)20(23)16-8/h4-5,8-11H,2-3,6-7H2,1H3/t8?,9-,10?,11+,14?,15+/m1/s1. The van der Waals surface area contributed by atoms with E-state index in [9.17, 15) is 14.8 Å². The molecule has 126 valence electrons. The first-order valence-corrected chi connectivity index (χ1v) is 8.37. The summed E-state index contributed by atoms with van der Waals surface area (Å²) >= 11 is 0. The molecule has 5 aliphatic heterocycles. The molecule has 2 aliphatic carbocycles. The van der Waals surface area contributed by atoms with Crippen LogP contribution in [0.4, 0.5) is 0 Å². The molecule has 6 heterocycles. The van der Waals surface area contributed by atoms with E-state index >= 15 is 0 Å². The van der Waals surface area contributed by atoms with Crippen LogP contribution in [-0.2, 0) is 11.8 Å². The lowest BCUT2D eigenvalue weighted by Gasteiger charge is -2.63. The summed E-state index contributed by atoms with van der Waals surface area (Å²) in [5.74, 6) is 0. The molecule has 0 aromatic carbocycles. The van der Waals surface area contributed by atoms with Crippen molar-refractivity contribution in [1.82, 2.24) is 13.9 Å². The summed E-state index contributed by atoms with van der Waals surface area (Å²) in [6, 6.07) is -1.11. The van der Waals surface area contributed by atoms with E-state index in [-0.39, 0.29) is 35.5 Å². The summed E-state index contributed by atoms with van der Waals surface area (Å²) in [6.45, 7) is 0.913. The number of rotatable bonds is 0. The molecule has 2 fully saturated rings. The summed E-state index contributed by atoms with van der Waals surface area (Å²) in [7, 11) is 1.51. The van der Waals surface area contributed by atoms with Crippen molar-refractivity contribution in [1.29, 1.82) is 0 Å². The zero-order valence-corrected chi connectivity index (χ0v) is 13.2. The molecule has 9 heteroatoms. The van der Waals surface area contributed by atoms with Crippen LogP contribution in [0.25, 0.3) is 0 Å². The summed E-state index contributed by atoms with van der Waals surface area (Å²) < 4.78 is 10.2. The van der Waals surface area contributed by atoms with Crippen molar-refractivity contribution in [2.75, 3.05) is 13.2 Å². The predicted octanol–water partition coefficient (Wildman–Crippen LogP) is -0.476. The molecular formula is C15H17N5O4. The van der Waals surface area contributed by atoms with E-state index in [1.54, 1.807) is 9.36 Å². The first-order valence-electron chi connectivity index (χ1n) is 8.37. The highest BCUT2D eigenvalue weighted by molar-refractivity contribution is 5.32. The molecule has 1 saturated heterocycles. The monoisotopic (exact) mass is 331 g/mol. The Balaban J connectivity index is 1.77. The predicted molar refractivity (Wildman–Crippen MR) is 79.7 cm³/mol. The maximum absolute atomic E-state index is 12.7. The number of ether oxygens (including phenoxy) is 1. The lowest BCUT2D eigenvalue weighted by Crippen LogP contribution is -2.74. The molecule has 0 radical (unpaired) electrons. The van der Waals surface area contributed by atoms with E-state index in [0.717, 1.165) is 22.3 Å². The van der Waals surface area contributed by atoms with Crippen LogP contribution in [0.5, 0.6) is 0 Å². The van der Waals surface area contributed by atoms with E-state index in [0.29, 0.717) is 13.2 Å². The fourth-order valence-corrected chi connectivity index (χ4v) is 6.34. The number of allylic oxidation sites excluding steroid dienone is 2. The van der Waals surface area contributed by atoms with Gasteiger partial charge in [0.05, 0.1) is 36.1 Å². The van der Waals surface area contributed by atoms with Gasteiger partial charge in [0, 0.05) is 13.5 Å². The van der Waals surface area contributed by atoms with Gasteiger partial charge in [0.2, 0.25) is 6.04 Å². The average molecular weight is 331 g/mol. The summed E-state index contributed by atoms with van der Waals surface area (Å²) in [4.78, 5) is 26.2. The Kier molecular flexibility index (Phi) is 1.97. The fourth-order valence-electron chi connectivity index (χ4n) is 6.34. The van der Waals surface area contributed by atoms with Crippen LogP contribution >= 0.6 is 0 Å². The van der Waals surface area contributed by atoms with E-state index in [1.807, 2.05) is 12.2 Å². The van der Waals surface area contributed by atoms with E-state index in [4.69, 9.17) is 4.74 Å². The Bertz CT molecular complexity index is 969. The number of fused-ring (bicyclic) bond motifs is 1. The van der Waals surface area contributed by atoms with Crippen molar-refractivity contribution in [2.24, 2.45) is 23.0 Å². The Hall–Kier alpha value is -2.16. The zero-order valence-electron chi connectivity index (χ0n) is 13.2. The van der Waals surface area contributed by atoms with Crippen molar-refractivity contribution in [3.63, 3.8) is 0 Å². The number of nitrogens with zero attached hydrogens (tertiary/aromatic N) is 5. The number of hydrogen-bond donors (Lipinski definition) is 0. The van der Waals surface area contributed by atoms with Crippen LogP contribution < -0.4 is 11.4 Å². The minimum atomic E-state index is -0.490. The quantitative estimate of drug-likeness (QED) is 0.364. The molecule has 24 heavy (non-hydrogen) atoms. The highest BCUT2D eigenvalue weighted by atomic mass is 16.5. The van der Waals surface area contributed by atoms with Crippen LogP contribution in [0, 0.1) is 16.0 Å². The van der Waals surface area contributed by atoms with E-state index in [2.05, 4.69) is 5.11 Å². The zero-order chi connectivity index (χ0) is 16.4. The molecule has 8 rings (SSSR count). The molecule has 6 atom stereocenters. The number of hydroxylamine groups is 1. The van der Waals surface area contributed by atoms with Gasteiger partial charge >= 0.3 is 11.4 Å². The SMILES string of the molecule is Cn1c(=O)n2n(c1=O)[C@@H]1C=CC2[C@]23COCC12C1CC[C@@H]3[N+]([O-])=N1. The van der Waals surface area contributed by atoms with Gasteiger partial charge in [-0.2, -0.15) is 0 Å². The normalized spacial score (nSPS) is 46.6. The van der Waals surface area contributed by atoms with Gasteiger partial charge in [-0.15, -0.1) is 0 Å². The van der Waals surface area contributed by atoms with Crippen molar-refractivity contribution in [3.05, 3.63) is 38.3 Å². The van der Waals surface area contributed by atoms with Gasteiger partial charge in [-0.3, -0.25) is 0 Å². The Morgan fingerprint density at radius 2 is 1.79 bits per heavy atom. The number of aromatic nitrogens is 3. The third-order valence-corrected chi connectivity index (χ3v) is 7.23. The fraction of sp³-hybridized carbons (Fsp3) is 0.733. The van der Waals surface area contributed by atoms with Crippen LogP contribution in [0.1, 0.15) is 24.9 Å². The van der Waals surface area contributed by atoms with E-state index in [1.165, 1.54) is 7.05 Å². The molecule has 9 nitrogen and oxygen atoms in total. The van der Waals surface area contributed by atoms with Gasteiger partial charge in [-0.1, -0.05) is 17.0 Å².